The Labute approximate surface area is 145 Å². The van der Waals surface area contributed by atoms with E-state index in [2.05, 4.69) is 10.4 Å². The molecular weight excluding hydrogens is 326 g/mol. The molecule has 0 radical (unpaired) electrons. The maximum absolute atomic E-state index is 12.2. The van der Waals surface area contributed by atoms with Gasteiger partial charge in [-0.25, -0.2) is 9.48 Å². The summed E-state index contributed by atoms with van der Waals surface area (Å²) < 4.78 is 16.6. The fourth-order valence-corrected chi connectivity index (χ4v) is 2.17. The van der Waals surface area contributed by atoms with Gasteiger partial charge < -0.3 is 19.5 Å². The van der Waals surface area contributed by atoms with Gasteiger partial charge in [0.1, 0.15) is 0 Å². The van der Waals surface area contributed by atoms with Gasteiger partial charge in [-0.3, -0.25) is 4.79 Å². The smallest absolute Gasteiger partial charge is 0.363 e. The molecule has 0 spiro atoms. The molecule has 0 bridgehead atoms. The van der Waals surface area contributed by atoms with E-state index in [1.807, 2.05) is 30.3 Å². The maximum Gasteiger partial charge on any atom is 0.363 e. The van der Waals surface area contributed by atoms with E-state index in [-0.39, 0.29) is 17.5 Å². The Morgan fingerprint density at radius 3 is 2.60 bits per heavy atom. The van der Waals surface area contributed by atoms with Crippen molar-refractivity contribution >= 4 is 11.9 Å². The minimum Gasteiger partial charge on any atom is -0.493 e. The molecule has 0 aliphatic heterocycles. The zero-order valence-electron chi connectivity index (χ0n) is 14.4. The Balaban J connectivity index is 2.02. The van der Waals surface area contributed by atoms with Crippen molar-refractivity contribution in [2.24, 2.45) is 0 Å². The summed E-state index contributed by atoms with van der Waals surface area (Å²) in [6.07, 6.45) is 1.58. The van der Waals surface area contributed by atoms with Crippen LogP contribution in [0.5, 0.6) is 5.75 Å². The normalized spacial score (nSPS) is 11.6. The lowest BCUT2D eigenvalue weighted by molar-refractivity contribution is -0.125. The first-order valence-electron chi connectivity index (χ1n) is 7.69. The summed E-state index contributed by atoms with van der Waals surface area (Å²) in [6, 6.07) is 9.09. The van der Waals surface area contributed by atoms with Crippen LogP contribution in [0.4, 0.5) is 0 Å². The molecule has 0 saturated carbocycles. The molecule has 0 aliphatic carbocycles. The van der Waals surface area contributed by atoms with Gasteiger partial charge in [-0.1, -0.05) is 18.2 Å². The number of nitrogens with one attached hydrogen (secondary N) is 1. The quantitative estimate of drug-likeness (QED) is 0.721. The SMILES string of the molecule is COC[C@H](C)NC(=O)COC(=O)c1nn(-c2ccccc2)cc1OC. The summed E-state index contributed by atoms with van der Waals surface area (Å²) in [5.74, 6) is -0.887. The lowest BCUT2D eigenvalue weighted by Gasteiger charge is -2.12. The first-order chi connectivity index (χ1) is 12.0. The second-order valence-corrected chi connectivity index (χ2v) is 5.33. The number of nitrogens with zero attached hydrogens (tertiary/aromatic N) is 2. The number of benzene rings is 1. The van der Waals surface area contributed by atoms with Crippen LogP contribution in [0.1, 0.15) is 17.4 Å². The predicted molar refractivity (Wildman–Crippen MR) is 89.9 cm³/mol. The molecule has 1 N–H and O–H groups in total. The molecule has 2 aromatic rings. The molecule has 1 heterocycles. The Morgan fingerprint density at radius 2 is 1.96 bits per heavy atom. The lowest BCUT2D eigenvalue weighted by Crippen LogP contribution is -2.38. The van der Waals surface area contributed by atoms with E-state index in [0.717, 1.165) is 5.69 Å². The number of hydrogen-bond acceptors (Lipinski definition) is 6. The molecule has 134 valence electrons. The van der Waals surface area contributed by atoms with Crippen LogP contribution in [0.25, 0.3) is 5.69 Å². The Kier molecular flexibility index (Phi) is 6.53. The van der Waals surface area contributed by atoms with E-state index in [4.69, 9.17) is 14.2 Å². The number of rotatable bonds is 8. The van der Waals surface area contributed by atoms with Crippen molar-refractivity contribution in [1.29, 1.82) is 0 Å². The van der Waals surface area contributed by atoms with E-state index < -0.39 is 18.5 Å². The minimum atomic E-state index is -0.735. The topological polar surface area (TPSA) is 91.7 Å². The molecule has 0 fully saturated rings. The number of ether oxygens (including phenoxy) is 3. The zero-order chi connectivity index (χ0) is 18.2. The van der Waals surface area contributed by atoms with Crippen LogP contribution < -0.4 is 10.1 Å². The second kappa shape index (κ2) is 8.84. The summed E-state index contributed by atoms with van der Waals surface area (Å²) in [4.78, 5) is 23.9. The summed E-state index contributed by atoms with van der Waals surface area (Å²) in [7, 11) is 2.97. The van der Waals surface area contributed by atoms with Crippen molar-refractivity contribution in [1.82, 2.24) is 15.1 Å². The maximum atomic E-state index is 12.2. The molecule has 1 aromatic carbocycles. The molecular formula is C17H21N3O5. The Bertz CT molecular complexity index is 714. The standard InChI is InChI=1S/C17H21N3O5/c1-12(10-23-2)18-15(21)11-25-17(22)16-14(24-3)9-20(19-16)13-7-5-4-6-8-13/h4-9,12H,10-11H2,1-3H3,(H,18,21)/t12-/m0/s1. The van der Waals surface area contributed by atoms with E-state index in [9.17, 15) is 9.59 Å². The van der Waals surface area contributed by atoms with Crippen molar-refractivity contribution < 1.29 is 23.8 Å². The van der Waals surface area contributed by atoms with Gasteiger partial charge in [0.25, 0.3) is 5.91 Å². The van der Waals surface area contributed by atoms with Crippen LogP contribution in [-0.4, -0.2) is 55.1 Å². The third kappa shape index (κ3) is 5.05. The highest BCUT2D eigenvalue weighted by atomic mass is 16.5. The van der Waals surface area contributed by atoms with Gasteiger partial charge >= 0.3 is 5.97 Å². The fraction of sp³-hybridized carbons (Fsp3) is 0.353. The number of aromatic nitrogens is 2. The highest BCUT2D eigenvalue weighted by Gasteiger charge is 2.21. The largest absolute Gasteiger partial charge is 0.493 e. The van der Waals surface area contributed by atoms with Gasteiger partial charge in [-0.05, 0) is 19.1 Å². The van der Waals surface area contributed by atoms with Crippen molar-refractivity contribution in [2.45, 2.75) is 13.0 Å². The van der Waals surface area contributed by atoms with Gasteiger partial charge in [0.2, 0.25) is 5.69 Å². The number of para-hydroxylation sites is 1. The summed E-state index contributed by atoms with van der Waals surface area (Å²) in [5.41, 5.74) is 0.773. The average molecular weight is 347 g/mol. The molecule has 1 atom stereocenters. The fourth-order valence-electron chi connectivity index (χ4n) is 2.17. The minimum absolute atomic E-state index is 0.00379. The van der Waals surface area contributed by atoms with Gasteiger partial charge in [0.15, 0.2) is 12.4 Å². The number of carbonyl (C=O) groups excluding carboxylic acids is 2. The monoisotopic (exact) mass is 347 g/mol. The van der Waals surface area contributed by atoms with Crippen molar-refractivity contribution in [3.05, 3.63) is 42.2 Å². The molecule has 1 aromatic heterocycles. The van der Waals surface area contributed by atoms with E-state index >= 15 is 0 Å². The molecule has 25 heavy (non-hydrogen) atoms. The second-order valence-electron chi connectivity index (χ2n) is 5.33. The molecule has 0 aliphatic rings. The van der Waals surface area contributed by atoms with Crippen LogP contribution in [0, 0.1) is 0 Å². The highest BCUT2D eigenvalue weighted by Crippen LogP contribution is 2.20. The number of amides is 1. The van der Waals surface area contributed by atoms with Crippen molar-refractivity contribution in [2.75, 3.05) is 27.4 Å². The zero-order valence-corrected chi connectivity index (χ0v) is 14.4. The number of esters is 1. The van der Waals surface area contributed by atoms with E-state index in [0.29, 0.717) is 6.61 Å². The predicted octanol–water partition coefficient (Wildman–Crippen LogP) is 1.19. The van der Waals surface area contributed by atoms with E-state index in [1.54, 1.807) is 13.1 Å². The molecule has 8 nitrogen and oxygen atoms in total. The average Bonchev–Trinajstić information content (AvgIpc) is 3.05. The molecule has 0 saturated heterocycles. The van der Waals surface area contributed by atoms with E-state index in [1.165, 1.54) is 18.9 Å². The van der Waals surface area contributed by atoms with Gasteiger partial charge in [0, 0.05) is 13.2 Å². The molecule has 2 rings (SSSR count). The Morgan fingerprint density at radius 1 is 1.24 bits per heavy atom. The van der Waals surface area contributed by atoms with Crippen LogP contribution >= 0.6 is 0 Å². The van der Waals surface area contributed by atoms with Gasteiger partial charge in [-0.2, -0.15) is 5.10 Å². The first-order valence-corrected chi connectivity index (χ1v) is 7.69. The van der Waals surface area contributed by atoms with Gasteiger partial charge in [-0.15, -0.1) is 0 Å². The number of carbonyl (C=O) groups is 2. The van der Waals surface area contributed by atoms with Crippen LogP contribution in [0.3, 0.4) is 0 Å². The third-order valence-electron chi connectivity index (χ3n) is 3.27. The molecule has 1 amide bonds. The number of methoxy groups -OCH3 is 2. The summed E-state index contributed by atoms with van der Waals surface area (Å²) in [6.45, 7) is 1.75. The van der Waals surface area contributed by atoms with Crippen LogP contribution in [0.15, 0.2) is 36.5 Å². The molecule has 0 unspecified atom stereocenters. The Hall–Kier alpha value is -2.87. The summed E-state index contributed by atoms with van der Waals surface area (Å²) >= 11 is 0. The third-order valence-corrected chi connectivity index (χ3v) is 3.27. The first kappa shape index (κ1) is 18.5. The lowest BCUT2D eigenvalue weighted by atomic mass is 10.3. The van der Waals surface area contributed by atoms with Crippen LogP contribution in [0.2, 0.25) is 0 Å². The van der Waals surface area contributed by atoms with Crippen LogP contribution in [-0.2, 0) is 14.3 Å². The molecule has 8 heteroatoms. The van der Waals surface area contributed by atoms with Gasteiger partial charge in [0.05, 0.1) is 25.6 Å². The number of hydrogen-bond donors (Lipinski definition) is 1. The summed E-state index contributed by atoms with van der Waals surface area (Å²) in [5, 5.41) is 6.83. The van der Waals surface area contributed by atoms with Crippen molar-refractivity contribution in [3.8, 4) is 11.4 Å². The van der Waals surface area contributed by atoms with Crippen molar-refractivity contribution in [3.63, 3.8) is 0 Å². The highest BCUT2D eigenvalue weighted by molar-refractivity contribution is 5.92.